The Morgan fingerprint density at radius 3 is 3.00 bits per heavy atom. The molecule has 0 saturated heterocycles. The van der Waals surface area contributed by atoms with E-state index in [9.17, 15) is 4.79 Å². The number of rotatable bonds is 5. The molecule has 0 fully saturated rings. The van der Waals surface area contributed by atoms with Crippen molar-refractivity contribution in [1.82, 2.24) is 10.1 Å². The number of hydrogen-bond donors (Lipinski definition) is 0. The van der Waals surface area contributed by atoms with Crippen LogP contribution in [-0.4, -0.2) is 23.2 Å². The van der Waals surface area contributed by atoms with E-state index in [0.29, 0.717) is 23.0 Å². The number of carbonyl (C=O) groups is 1. The first kappa shape index (κ1) is 15.8. The van der Waals surface area contributed by atoms with E-state index in [1.165, 1.54) is 16.5 Å². The van der Waals surface area contributed by atoms with E-state index < -0.39 is 5.97 Å². The number of thiophene rings is 2. The summed E-state index contributed by atoms with van der Waals surface area (Å²) in [5, 5.41) is 6.00. The van der Waals surface area contributed by atoms with Gasteiger partial charge in [0.25, 0.3) is 5.89 Å². The lowest BCUT2D eigenvalue weighted by atomic mass is 10.2. The number of aromatic nitrogens is 2. The normalized spacial score (nSPS) is 10.9. The third-order valence-corrected chi connectivity index (χ3v) is 5.52. The van der Waals surface area contributed by atoms with Crippen LogP contribution in [0.4, 0.5) is 0 Å². The molecule has 0 aliphatic carbocycles. The Kier molecular flexibility index (Phi) is 4.21. The second-order valence-corrected chi connectivity index (χ2v) is 7.12. The molecule has 0 spiro atoms. The number of ether oxygens (including phenoxy) is 2. The molecule has 0 bridgehead atoms. The summed E-state index contributed by atoms with van der Waals surface area (Å²) in [7, 11) is 1.34. The van der Waals surface area contributed by atoms with Crippen molar-refractivity contribution >= 4 is 38.0 Å². The minimum atomic E-state index is -0.412. The highest BCUT2D eigenvalue weighted by atomic mass is 32.1. The fraction of sp³-hybridized carbons (Fsp3) is 0.118. The molecule has 6 nitrogen and oxygen atoms in total. The lowest BCUT2D eigenvalue weighted by molar-refractivity contribution is 0.0600. The van der Waals surface area contributed by atoms with Crippen molar-refractivity contribution in [3.8, 4) is 16.5 Å². The number of esters is 1. The average molecular weight is 372 g/mol. The molecule has 0 unspecified atom stereocenters. The molecule has 126 valence electrons. The molecule has 25 heavy (non-hydrogen) atoms. The van der Waals surface area contributed by atoms with E-state index in [2.05, 4.69) is 21.6 Å². The highest BCUT2D eigenvalue weighted by molar-refractivity contribution is 7.28. The fourth-order valence-electron chi connectivity index (χ4n) is 2.26. The zero-order chi connectivity index (χ0) is 17.2. The van der Waals surface area contributed by atoms with Gasteiger partial charge in [-0.15, -0.1) is 22.7 Å². The lowest BCUT2D eigenvalue weighted by Crippen LogP contribution is -2.02. The van der Waals surface area contributed by atoms with Crippen LogP contribution in [0.5, 0.6) is 5.75 Å². The number of carbonyl (C=O) groups excluding carboxylic acids is 1. The van der Waals surface area contributed by atoms with Gasteiger partial charge >= 0.3 is 5.97 Å². The highest BCUT2D eigenvalue weighted by Gasteiger charge is 2.13. The number of hydrogen-bond acceptors (Lipinski definition) is 8. The van der Waals surface area contributed by atoms with Gasteiger partial charge in [0.2, 0.25) is 5.82 Å². The van der Waals surface area contributed by atoms with Crippen molar-refractivity contribution in [2.75, 3.05) is 7.11 Å². The van der Waals surface area contributed by atoms with Crippen LogP contribution in [0.2, 0.25) is 0 Å². The topological polar surface area (TPSA) is 74.5 Å². The molecule has 0 aliphatic rings. The molecule has 3 heterocycles. The Morgan fingerprint density at radius 1 is 1.24 bits per heavy atom. The van der Waals surface area contributed by atoms with Crippen LogP contribution in [0.3, 0.4) is 0 Å². The Bertz CT molecular complexity index is 1010. The molecular formula is C17H12N2O4S2. The van der Waals surface area contributed by atoms with E-state index >= 15 is 0 Å². The molecule has 4 rings (SSSR count). The maximum Gasteiger partial charge on any atom is 0.337 e. The molecule has 0 saturated carbocycles. The lowest BCUT2D eigenvalue weighted by Gasteiger charge is -2.04. The van der Waals surface area contributed by atoms with Gasteiger partial charge < -0.3 is 14.0 Å². The van der Waals surface area contributed by atoms with Crippen molar-refractivity contribution in [2.24, 2.45) is 0 Å². The van der Waals surface area contributed by atoms with Crippen LogP contribution in [0.25, 0.3) is 20.2 Å². The minimum Gasteiger partial charge on any atom is -0.485 e. The zero-order valence-corrected chi connectivity index (χ0v) is 14.7. The van der Waals surface area contributed by atoms with Crippen LogP contribution in [0.15, 0.2) is 46.3 Å². The monoisotopic (exact) mass is 372 g/mol. The quantitative estimate of drug-likeness (QED) is 0.484. The summed E-state index contributed by atoms with van der Waals surface area (Å²) in [6.45, 7) is 0.147. The maximum atomic E-state index is 11.5. The summed E-state index contributed by atoms with van der Waals surface area (Å²) >= 11 is 3.30. The molecule has 4 aromatic rings. The Labute approximate surface area is 150 Å². The van der Waals surface area contributed by atoms with E-state index in [1.54, 1.807) is 46.9 Å². The SMILES string of the molecule is COC(=O)c1cccc(OCc2noc(-c3cc4sccc4s3)n2)c1. The number of methoxy groups -OCH3 is 1. The minimum absolute atomic E-state index is 0.147. The fourth-order valence-corrected chi connectivity index (χ4v) is 4.29. The van der Waals surface area contributed by atoms with Crippen LogP contribution in [0.1, 0.15) is 16.2 Å². The Hall–Kier alpha value is -2.71. The van der Waals surface area contributed by atoms with Gasteiger partial charge in [-0.3, -0.25) is 0 Å². The number of benzene rings is 1. The summed E-state index contributed by atoms with van der Waals surface area (Å²) in [6, 6.07) is 10.9. The molecule has 0 aliphatic heterocycles. The molecule has 8 heteroatoms. The zero-order valence-electron chi connectivity index (χ0n) is 13.1. The third-order valence-electron chi connectivity index (χ3n) is 3.44. The first-order chi connectivity index (χ1) is 12.2. The first-order valence-corrected chi connectivity index (χ1v) is 9.04. The smallest absolute Gasteiger partial charge is 0.337 e. The van der Waals surface area contributed by atoms with Crippen molar-refractivity contribution < 1.29 is 18.8 Å². The van der Waals surface area contributed by atoms with Gasteiger partial charge in [-0.25, -0.2) is 4.79 Å². The summed E-state index contributed by atoms with van der Waals surface area (Å²) < 4.78 is 18.1. The van der Waals surface area contributed by atoms with Gasteiger partial charge in [0.15, 0.2) is 6.61 Å². The second kappa shape index (κ2) is 6.66. The van der Waals surface area contributed by atoms with Crippen molar-refractivity contribution in [3.05, 3.63) is 53.2 Å². The van der Waals surface area contributed by atoms with Crippen LogP contribution < -0.4 is 4.74 Å². The first-order valence-electron chi connectivity index (χ1n) is 7.34. The van der Waals surface area contributed by atoms with Gasteiger partial charge in [0.05, 0.1) is 17.6 Å². The highest BCUT2D eigenvalue weighted by Crippen LogP contribution is 2.35. The molecule has 0 amide bonds. The molecule has 3 aromatic heterocycles. The molecule has 1 aromatic carbocycles. The number of nitrogens with zero attached hydrogens (tertiary/aromatic N) is 2. The summed E-state index contributed by atoms with van der Waals surface area (Å²) in [6.07, 6.45) is 0. The standard InChI is InChI=1S/C17H12N2O4S2/c1-21-17(20)10-3-2-4-11(7-10)22-9-15-18-16(23-19-15)14-8-13-12(25-14)5-6-24-13/h2-8H,9H2,1H3. The van der Waals surface area contributed by atoms with Crippen LogP contribution in [-0.2, 0) is 11.3 Å². The molecule has 0 atom stereocenters. The van der Waals surface area contributed by atoms with E-state index in [4.69, 9.17) is 14.0 Å². The Morgan fingerprint density at radius 2 is 2.16 bits per heavy atom. The summed E-state index contributed by atoms with van der Waals surface area (Å²) in [4.78, 5) is 16.8. The van der Waals surface area contributed by atoms with Gasteiger partial charge in [-0.2, -0.15) is 4.98 Å². The predicted molar refractivity (Wildman–Crippen MR) is 95.1 cm³/mol. The van der Waals surface area contributed by atoms with Crippen LogP contribution in [0, 0.1) is 0 Å². The van der Waals surface area contributed by atoms with Crippen molar-refractivity contribution in [3.63, 3.8) is 0 Å². The Balaban J connectivity index is 1.46. The van der Waals surface area contributed by atoms with Gasteiger partial charge in [0, 0.05) is 9.40 Å². The summed E-state index contributed by atoms with van der Waals surface area (Å²) in [5.74, 6) is 1.04. The largest absolute Gasteiger partial charge is 0.485 e. The average Bonchev–Trinajstić information content (AvgIpc) is 3.34. The summed E-state index contributed by atoms with van der Waals surface area (Å²) in [5.41, 5.74) is 0.424. The third kappa shape index (κ3) is 3.26. The van der Waals surface area contributed by atoms with E-state index in [1.807, 2.05) is 6.07 Å². The van der Waals surface area contributed by atoms with Crippen LogP contribution >= 0.6 is 22.7 Å². The number of fused-ring (bicyclic) bond motifs is 1. The van der Waals surface area contributed by atoms with Crippen molar-refractivity contribution in [1.29, 1.82) is 0 Å². The predicted octanol–water partition coefficient (Wildman–Crippen LogP) is 4.38. The molecular weight excluding hydrogens is 360 g/mol. The van der Waals surface area contributed by atoms with Crippen molar-refractivity contribution in [2.45, 2.75) is 6.61 Å². The van der Waals surface area contributed by atoms with Gasteiger partial charge in [0.1, 0.15) is 5.75 Å². The van der Waals surface area contributed by atoms with Gasteiger partial charge in [-0.1, -0.05) is 11.2 Å². The van der Waals surface area contributed by atoms with Gasteiger partial charge in [-0.05, 0) is 35.7 Å². The van der Waals surface area contributed by atoms with E-state index in [0.717, 1.165) is 4.88 Å². The molecule has 0 radical (unpaired) electrons. The maximum absolute atomic E-state index is 11.5. The van der Waals surface area contributed by atoms with E-state index in [-0.39, 0.29) is 6.61 Å². The second-order valence-electron chi connectivity index (χ2n) is 5.08. The molecule has 0 N–H and O–H groups in total.